The molecule has 0 aliphatic rings. The Kier molecular flexibility index (Phi) is 4.82. The van der Waals surface area contributed by atoms with Gasteiger partial charge in [-0.3, -0.25) is 9.59 Å². The minimum Gasteiger partial charge on any atom is -0.496 e. The van der Waals surface area contributed by atoms with E-state index in [0.29, 0.717) is 16.3 Å². The van der Waals surface area contributed by atoms with E-state index in [1.54, 1.807) is 13.2 Å². The fraction of sp³-hybridized carbons (Fsp3) is 0.250. The Morgan fingerprint density at radius 3 is 2.59 bits per heavy atom. The van der Waals surface area contributed by atoms with Gasteiger partial charge in [0.15, 0.2) is 0 Å². The zero-order valence-corrected chi connectivity index (χ0v) is 13.5. The first-order valence-electron chi connectivity index (χ1n) is 6.75. The number of benzene rings is 1. The highest BCUT2D eigenvalue weighted by molar-refractivity contribution is 7.16. The number of carbonyl (C=O) groups excluding carboxylic acids is 2. The molecule has 2 rings (SSSR count). The minimum absolute atomic E-state index is 0.165. The summed E-state index contributed by atoms with van der Waals surface area (Å²) >= 11 is 1.35. The molecule has 1 heterocycles. The third-order valence-corrected chi connectivity index (χ3v) is 4.55. The molecule has 6 heteroatoms. The summed E-state index contributed by atoms with van der Waals surface area (Å²) in [7, 11) is 1.56. The van der Waals surface area contributed by atoms with Crippen LogP contribution < -0.4 is 15.8 Å². The van der Waals surface area contributed by atoms with E-state index >= 15 is 0 Å². The number of amides is 2. The van der Waals surface area contributed by atoms with Gasteiger partial charge < -0.3 is 15.8 Å². The van der Waals surface area contributed by atoms with Gasteiger partial charge in [-0.25, -0.2) is 0 Å². The Hall–Kier alpha value is -2.34. The summed E-state index contributed by atoms with van der Waals surface area (Å²) < 4.78 is 5.23. The Balaban J connectivity index is 2.20. The number of primary amides is 1. The van der Waals surface area contributed by atoms with E-state index in [1.807, 2.05) is 32.0 Å². The van der Waals surface area contributed by atoms with Gasteiger partial charge in [0.1, 0.15) is 10.8 Å². The van der Waals surface area contributed by atoms with E-state index in [0.717, 1.165) is 16.0 Å². The van der Waals surface area contributed by atoms with Crippen molar-refractivity contribution in [1.29, 1.82) is 0 Å². The Labute approximate surface area is 133 Å². The van der Waals surface area contributed by atoms with Gasteiger partial charge in [0, 0.05) is 10.4 Å². The zero-order chi connectivity index (χ0) is 16.3. The van der Waals surface area contributed by atoms with E-state index in [-0.39, 0.29) is 12.3 Å². The summed E-state index contributed by atoms with van der Waals surface area (Å²) in [5, 5.41) is 3.28. The van der Waals surface area contributed by atoms with E-state index < -0.39 is 5.91 Å². The number of rotatable bonds is 5. The first-order chi connectivity index (χ1) is 10.4. The molecule has 0 fully saturated rings. The molecule has 116 valence electrons. The van der Waals surface area contributed by atoms with Gasteiger partial charge in [-0.15, -0.1) is 11.3 Å². The van der Waals surface area contributed by atoms with Crippen molar-refractivity contribution in [1.82, 2.24) is 0 Å². The van der Waals surface area contributed by atoms with Crippen LogP contribution in [-0.2, 0) is 11.2 Å². The normalized spacial score (nSPS) is 10.3. The van der Waals surface area contributed by atoms with Crippen LogP contribution in [-0.4, -0.2) is 18.9 Å². The number of hydrogen-bond acceptors (Lipinski definition) is 4. The number of methoxy groups -OCH3 is 1. The number of anilines is 1. The lowest BCUT2D eigenvalue weighted by Gasteiger charge is -2.08. The quantitative estimate of drug-likeness (QED) is 0.889. The van der Waals surface area contributed by atoms with Crippen molar-refractivity contribution in [3.05, 3.63) is 45.8 Å². The predicted octanol–water partition coefficient (Wildman–Crippen LogP) is 2.65. The molecular weight excluding hydrogens is 300 g/mol. The number of para-hydroxylation sites is 1. The van der Waals surface area contributed by atoms with Gasteiger partial charge in [-0.2, -0.15) is 0 Å². The molecule has 1 aromatic carbocycles. The highest BCUT2D eigenvalue weighted by atomic mass is 32.1. The van der Waals surface area contributed by atoms with Gasteiger partial charge in [-0.05, 0) is 25.5 Å². The van der Waals surface area contributed by atoms with Crippen molar-refractivity contribution < 1.29 is 14.3 Å². The van der Waals surface area contributed by atoms with Crippen molar-refractivity contribution >= 4 is 28.2 Å². The topological polar surface area (TPSA) is 81.4 Å². The lowest BCUT2D eigenvalue weighted by molar-refractivity contribution is -0.115. The summed E-state index contributed by atoms with van der Waals surface area (Å²) in [6.07, 6.45) is 0.165. The average molecular weight is 318 g/mol. The molecule has 0 saturated heterocycles. The summed E-state index contributed by atoms with van der Waals surface area (Å²) in [4.78, 5) is 24.7. The van der Waals surface area contributed by atoms with Crippen LogP contribution in [0.15, 0.2) is 24.3 Å². The van der Waals surface area contributed by atoms with Crippen molar-refractivity contribution in [2.75, 3.05) is 12.4 Å². The lowest BCUT2D eigenvalue weighted by atomic mass is 10.1. The second kappa shape index (κ2) is 6.62. The first-order valence-corrected chi connectivity index (χ1v) is 7.57. The van der Waals surface area contributed by atoms with Crippen LogP contribution in [0, 0.1) is 13.8 Å². The number of nitrogens with two attached hydrogens (primary N) is 1. The zero-order valence-electron chi connectivity index (χ0n) is 12.7. The average Bonchev–Trinajstić information content (AvgIpc) is 2.74. The highest BCUT2D eigenvalue weighted by Crippen LogP contribution is 2.32. The van der Waals surface area contributed by atoms with Gasteiger partial charge in [0.25, 0.3) is 5.91 Å². The fourth-order valence-corrected chi connectivity index (χ4v) is 3.29. The molecule has 0 radical (unpaired) electrons. The van der Waals surface area contributed by atoms with E-state index in [4.69, 9.17) is 10.5 Å². The second-order valence-corrected chi connectivity index (χ2v) is 6.11. The summed E-state index contributed by atoms with van der Waals surface area (Å²) in [6.45, 7) is 3.71. The molecule has 1 aromatic heterocycles. The van der Waals surface area contributed by atoms with Crippen LogP contribution in [0.25, 0.3) is 0 Å². The van der Waals surface area contributed by atoms with Crippen molar-refractivity contribution in [2.45, 2.75) is 20.3 Å². The Bertz CT molecular complexity index is 722. The maximum Gasteiger partial charge on any atom is 0.251 e. The van der Waals surface area contributed by atoms with Gasteiger partial charge in [0.05, 0.1) is 19.1 Å². The maximum atomic E-state index is 12.2. The summed E-state index contributed by atoms with van der Waals surface area (Å²) in [5.74, 6) is -0.0889. The number of aryl methyl sites for hydroxylation is 1. The van der Waals surface area contributed by atoms with Gasteiger partial charge >= 0.3 is 0 Å². The molecule has 5 nitrogen and oxygen atoms in total. The van der Waals surface area contributed by atoms with Crippen LogP contribution in [0.3, 0.4) is 0 Å². The first kappa shape index (κ1) is 16.0. The van der Waals surface area contributed by atoms with E-state index in [1.165, 1.54) is 11.3 Å². The Morgan fingerprint density at radius 2 is 1.95 bits per heavy atom. The SMILES string of the molecule is COc1ccccc1CC(=O)Nc1sc(C)c(C)c1C(N)=O. The monoisotopic (exact) mass is 318 g/mol. The number of thiophene rings is 1. The Morgan fingerprint density at radius 1 is 1.27 bits per heavy atom. The maximum absolute atomic E-state index is 12.2. The van der Waals surface area contributed by atoms with Crippen molar-refractivity contribution in [2.24, 2.45) is 5.73 Å². The minimum atomic E-state index is -0.533. The smallest absolute Gasteiger partial charge is 0.251 e. The van der Waals surface area contributed by atoms with Crippen LogP contribution in [0.4, 0.5) is 5.00 Å². The van der Waals surface area contributed by atoms with Gasteiger partial charge in [-0.1, -0.05) is 18.2 Å². The molecule has 2 amide bonds. The molecule has 0 saturated carbocycles. The molecule has 0 atom stereocenters. The molecule has 0 aliphatic heterocycles. The van der Waals surface area contributed by atoms with E-state index in [9.17, 15) is 9.59 Å². The number of carbonyl (C=O) groups is 2. The summed E-state index contributed by atoms with van der Waals surface area (Å²) in [6, 6.07) is 7.33. The third-order valence-electron chi connectivity index (χ3n) is 3.43. The molecule has 3 N–H and O–H groups in total. The van der Waals surface area contributed by atoms with Crippen LogP contribution >= 0.6 is 11.3 Å². The molecule has 22 heavy (non-hydrogen) atoms. The summed E-state index contributed by atoms with van der Waals surface area (Å²) in [5.41, 5.74) is 7.38. The molecule has 2 aromatic rings. The van der Waals surface area contributed by atoms with Crippen LogP contribution in [0.2, 0.25) is 0 Å². The molecular formula is C16H18N2O3S. The standard InChI is InChI=1S/C16H18N2O3S/c1-9-10(2)22-16(14(9)15(17)20)18-13(19)8-11-6-4-5-7-12(11)21-3/h4-7H,8H2,1-3H3,(H2,17,20)(H,18,19). The number of ether oxygens (including phenoxy) is 1. The predicted molar refractivity (Wildman–Crippen MR) is 87.6 cm³/mol. The molecule has 0 aliphatic carbocycles. The highest BCUT2D eigenvalue weighted by Gasteiger charge is 2.19. The van der Waals surface area contributed by atoms with Crippen molar-refractivity contribution in [3.8, 4) is 5.75 Å². The number of nitrogens with one attached hydrogen (secondary N) is 1. The molecule has 0 unspecified atom stereocenters. The fourth-order valence-electron chi connectivity index (χ4n) is 2.20. The molecule has 0 bridgehead atoms. The lowest BCUT2D eigenvalue weighted by Crippen LogP contribution is -2.18. The van der Waals surface area contributed by atoms with E-state index in [2.05, 4.69) is 5.32 Å². The van der Waals surface area contributed by atoms with Crippen molar-refractivity contribution in [3.63, 3.8) is 0 Å². The largest absolute Gasteiger partial charge is 0.496 e. The van der Waals surface area contributed by atoms with Crippen LogP contribution in [0.5, 0.6) is 5.75 Å². The second-order valence-electron chi connectivity index (χ2n) is 4.89. The molecule has 0 spiro atoms. The third kappa shape index (κ3) is 3.28. The van der Waals surface area contributed by atoms with Gasteiger partial charge in [0.2, 0.25) is 5.91 Å². The van der Waals surface area contributed by atoms with Crippen LogP contribution in [0.1, 0.15) is 26.4 Å². The number of hydrogen-bond donors (Lipinski definition) is 2.